The predicted molar refractivity (Wildman–Crippen MR) is 233 cm³/mol. The topological polar surface area (TPSA) is 29.3 Å². The Balaban J connectivity index is 1.00. The fraction of sp³-hybridized carbons (Fsp3) is 0. The van der Waals surface area contributed by atoms with Gasteiger partial charge in [-0.15, -0.1) is 0 Å². The highest BCUT2D eigenvalue weighted by Gasteiger charge is 2.18. The van der Waals surface area contributed by atoms with Gasteiger partial charge in [-0.3, -0.25) is 0 Å². The van der Waals surface area contributed by atoms with E-state index in [2.05, 4.69) is 193 Å². The Bertz CT molecular complexity index is 2920. The van der Waals surface area contributed by atoms with Crippen LogP contribution in [0.2, 0.25) is 0 Å². The quantitative estimate of drug-likeness (QED) is 0.157. The van der Waals surface area contributed by atoms with Crippen molar-refractivity contribution in [3.05, 3.63) is 218 Å². The van der Waals surface area contributed by atoms with Crippen LogP contribution in [0.1, 0.15) is 0 Å². The van der Waals surface area contributed by atoms with Gasteiger partial charge in [-0.25, -0.2) is 4.98 Å². The van der Waals surface area contributed by atoms with Crippen LogP contribution < -0.4 is 4.90 Å². The van der Waals surface area contributed by atoms with E-state index in [1.165, 1.54) is 22.3 Å². The molecule has 56 heavy (non-hydrogen) atoms. The summed E-state index contributed by atoms with van der Waals surface area (Å²) in [6, 6.07) is 77.1. The minimum Gasteiger partial charge on any atom is -0.436 e. The fourth-order valence-electron chi connectivity index (χ4n) is 7.74. The number of anilines is 3. The lowest BCUT2D eigenvalue weighted by Gasteiger charge is -2.28. The lowest BCUT2D eigenvalue weighted by Crippen LogP contribution is -2.11. The van der Waals surface area contributed by atoms with Crippen molar-refractivity contribution in [2.24, 2.45) is 0 Å². The Morgan fingerprint density at radius 2 is 0.768 bits per heavy atom. The number of hydrogen-bond acceptors (Lipinski definition) is 3. The summed E-state index contributed by atoms with van der Waals surface area (Å²) in [6.45, 7) is 0. The first-order chi connectivity index (χ1) is 27.8. The Hall–Kier alpha value is -7.49. The standard InChI is InChI=1S/C53H36N2O/c1-4-14-37(15-5-1)39-28-32-44(33-29-39)55(50-23-13-12-20-46(50)41-16-6-2-7-17-41)45-34-30-40(31-35-45)38-24-26-42(27-25-38)49-36-51-52(48-22-11-10-21-47(48)49)54-53(56-51)43-18-8-3-9-19-43/h1-36H. The number of fused-ring (bicyclic) bond motifs is 3. The minimum absolute atomic E-state index is 0.632. The first-order valence-electron chi connectivity index (χ1n) is 19.0. The first kappa shape index (κ1) is 33.1. The Labute approximate surface area is 326 Å². The molecule has 0 fully saturated rings. The van der Waals surface area contributed by atoms with E-state index in [1.807, 2.05) is 30.3 Å². The largest absolute Gasteiger partial charge is 0.436 e. The zero-order chi connectivity index (χ0) is 37.3. The van der Waals surface area contributed by atoms with E-state index >= 15 is 0 Å². The molecule has 0 unspecified atom stereocenters. The zero-order valence-electron chi connectivity index (χ0n) is 30.6. The Morgan fingerprint density at radius 3 is 1.38 bits per heavy atom. The molecular weight excluding hydrogens is 681 g/mol. The van der Waals surface area contributed by atoms with Gasteiger partial charge in [0.25, 0.3) is 0 Å². The molecule has 0 spiro atoms. The molecule has 0 aliphatic heterocycles. The van der Waals surface area contributed by atoms with Crippen molar-refractivity contribution in [1.82, 2.24) is 4.98 Å². The van der Waals surface area contributed by atoms with E-state index in [4.69, 9.17) is 9.40 Å². The van der Waals surface area contributed by atoms with Gasteiger partial charge in [0.1, 0.15) is 5.52 Å². The SMILES string of the molecule is c1ccc(-c2ccc(N(c3ccc(-c4ccc(-c5cc6oc(-c7ccccc7)nc6c6ccccc56)cc4)cc3)c3ccccc3-c3ccccc3)cc2)cc1. The number of hydrogen-bond donors (Lipinski definition) is 0. The van der Waals surface area contributed by atoms with Gasteiger partial charge < -0.3 is 9.32 Å². The van der Waals surface area contributed by atoms with E-state index in [0.29, 0.717) is 5.89 Å². The predicted octanol–water partition coefficient (Wildman–Crippen LogP) is 14.8. The van der Waals surface area contributed by atoms with E-state index in [1.54, 1.807) is 0 Å². The molecule has 0 radical (unpaired) electrons. The summed E-state index contributed by atoms with van der Waals surface area (Å²) in [7, 11) is 0. The Morgan fingerprint density at radius 1 is 0.339 bits per heavy atom. The smallest absolute Gasteiger partial charge is 0.227 e. The van der Waals surface area contributed by atoms with E-state index in [9.17, 15) is 0 Å². The van der Waals surface area contributed by atoms with E-state index in [0.717, 1.165) is 66.8 Å². The second-order valence-electron chi connectivity index (χ2n) is 14.0. The lowest BCUT2D eigenvalue weighted by atomic mass is 9.95. The molecule has 264 valence electrons. The summed E-state index contributed by atoms with van der Waals surface area (Å²) in [5, 5.41) is 2.23. The van der Waals surface area contributed by atoms with Crippen molar-refractivity contribution >= 4 is 38.9 Å². The first-order valence-corrected chi connectivity index (χ1v) is 19.0. The number of benzene rings is 9. The third-order valence-corrected chi connectivity index (χ3v) is 10.5. The van der Waals surface area contributed by atoms with Crippen molar-refractivity contribution in [2.75, 3.05) is 4.90 Å². The average molecular weight is 717 g/mol. The molecule has 0 amide bonds. The van der Waals surface area contributed by atoms with Crippen molar-refractivity contribution in [3.8, 4) is 56.0 Å². The normalized spacial score (nSPS) is 11.2. The highest BCUT2D eigenvalue weighted by molar-refractivity contribution is 6.11. The third kappa shape index (κ3) is 6.21. The molecule has 0 saturated heterocycles. The third-order valence-electron chi connectivity index (χ3n) is 10.5. The van der Waals surface area contributed by atoms with Gasteiger partial charge in [0, 0.05) is 27.9 Å². The number of rotatable bonds is 8. The van der Waals surface area contributed by atoms with Crippen molar-refractivity contribution < 1.29 is 4.42 Å². The second kappa shape index (κ2) is 14.4. The summed E-state index contributed by atoms with van der Waals surface area (Å²) >= 11 is 0. The lowest BCUT2D eigenvalue weighted by molar-refractivity contribution is 0.620. The minimum atomic E-state index is 0.632. The maximum absolute atomic E-state index is 6.36. The number of aromatic nitrogens is 1. The monoisotopic (exact) mass is 716 g/mol. The molecular formula is C53H36N2O. The highest BCUT2D eigenvalue weighted by Crippen LogP contribution is 2.42. The summed E-state index contributed by atoms with van der Waals surface area (Å²) < 4.78 is 6.36. The van der Waals surface area contributed by atoms with Crippen LogP contribution in [-0.4, -0.2) is 4.98 Å². The molecule has 10 rings (SSSR count). The summed E-state index contributed by atoms with van der Waals surface area (Å²) in [5.41, 5.74) is 15.2. The second-order valence-corrected chi connectivity index (χ2v) is 14.0. The molecule has 0 saturated carbocycles. The van der Waals surface area contributed by atoms with Gasteiger partial charge >= 0.3 is 0 Å². The van der Waals surface area contributed by atoms with Crippen molar-refractivity contribution in [2.45, 2.75) is 0 Å². The molecule has 3 nitrogen and oxygen atoms in total. The molecule has 1 heterocycles. The van der Waals surface area contributed by atoms with E-state index < -0.39 is 0 Å². The van der Waals surface area contributed by atoms with Crippen LogP contribution in [0.3, 0.4) is 0 Å². The molecule has 9 aromatic carbocycles. The van der Waals surface area contributed by atoms with Crippen LogP contribution in [0.4, 0.5) is 17.1 Å². The van der Waals surface area contributed by atoms with Gasteiger partial charge in [-0.05, 0) is 92.9 Å². The maximum Gasteiger partial charge on any atom is 0.227 e. The molecule has 0 aliphatic carbocycles. The average Bonchev–Trinajstić information content (AvgIpc) is 3.73. The van der Waals surface area contributed by atoms with E-state index in [-0.39, 0.29) is 0 Å². The van der Waals surface area contributed by atoms with Crippen molar-refractivity contribution in [1.29, 1.82) is 0 Å². The van der Waals surface area contributed by atoms with Crippen LogP contribution in [0.15, 0.2) is 223 Å². The molecule has 1 aromatic heterocycles. The highest BCUT2D eigenvalue weighted by atomic mass is 16.3. The van der Waals surface area contributed by atoms with Crippen LogP contribution in [-0.2, 0) is 0 Å². The van der Waals surface area contributed by atoms with Crippen LogP contribution in [0.25, 0.3) is 77.8 Å². The molecule has 0 aliphatic rings. The molecule has 3 heteroatoms. The molecule has 10 aromatic rings. The van der Waals surface area contributed by atoms with Crippen LogP contribution in [0.5, 0.6) is 0 Å². The van der Waals surface area contributed by atoms with Crippen LogP contribution >= 0.6 is 0 Å². The number of oxazole rings is 1. The van der Waals surface area contributed by atoms with Crippen molar-refractivity contribution in [3.63, 3.8) is 0 Å². The Kier molecular flexibility index (Phi) is 8.51. The molecule has 0 bridgehead atoms. The fourth-order valence-corrected chi connectivity index (χ4v) is 7.74. The summed E-state index contributed by atoms with van der Waals surface area (Å²) in [6.07, 6.45) is 0. The molecule has 0 N–H and O–H groups in total. The number of para-hydroxylation sites is 1. The maximum atomic E-state index is 6.36. The number of nitrogens with zero attached hydrogens (tertiary/aromatic N) is 2. The van der Waals surface area contributed by atoms with Gasteiger partial charge in [0.15, 0.2) is 5.58 Å². The van der Waals surface area contributed by atoms with Crippen LogP contribution in [0, 0.1) is 0 Å². The molecule has 0 atom stereocenters. The van der Waals surface area contributed by atoms with Gasteiger partial charge in [-0.1, -0.05) is 170 Å². The summed E-state index contributed by atoms with van der Waals surface area (Å²) in [4.78, 5) is 7.28. The van der Waals surface area contributed by atoms with Gasteiger partial charge in [0.05, 0.1) is 5.69 Å². The zero-order valence-corrected chi connectivity index (χ0v) is 30.6. The van der Waals surface area contributed by atoms with Gasteiger partial charge in [0.2, 0.25) is 5.89 Å². The summed E-state index contributed by atoms with van der Waals surface area (Å²) in [5.74, 6) is 0.632. The van der Waals surface area contributed by atoms with Gasteiger partial charge in [-0.2, -0.15) is 0 Å².